The Morgan fingerprint density at radius 3 is 2.24 bits per heavy atom. The van der Waals surface area contributed by atoms with Crippen LogP contribution < -0.4 is 19.1 Å². The van der Waals surface area contributed by atoms with Gasteiger partial charge >= 0.3 is 0 Å². The highest BCUT2D eigenvalue weighted by Gasteiger charge is 2.34. The van der Waals surface area contributed by atoms with Gasteiger partial charge in [0.05, 0.1) is 11.9 Å². The average molecular weight is 659 g/mol. The number of hydrogen-bond acceptors (Lipinski definition) is 6. The van der Waals surface area contributed by atoms with Crippen LogP contribution in [0.3, 0.4) is 0 Å². The number of sulfonamides is 1. The molecule has 42 heavy (non-hydrogen) atoms. The van der Waals surface area contributed by atoms with Crippen LogP contribution in [0.2, 0.25) is 0 Å². The second-order valence-electron chi connectivity index (χ2n) is 11.2. The fraction of sp³-hybridized carbons (Fsp3) is 0.355. The Morgan fingerprint density at radius 2 is 1.60 bits per heavy atom. The molecule has 1 N–H and O–H groups in total. The summed E-state index contributed by atoms with van der Waals surface area (Å²) in [6.45, 7) is 5.92. The van der Waals surface area contributed by atoms with E-state index >= 15 is 0 Å². The highest BCUT2D eigenvalue weighted by Crippen LogP contribution is 2.35. The molecule has 224 valence electrons. The van der Waals surface area contributed by atoms with Gasteiger partial charge in [0.2, 0.25) is 21.8 Å². The van der Waals surface area contributed by atoms with Crippen molar-refractivity contribution in [2.75, 3.05) is 30.3 Å². The quantitative estimate of drug-likeness (QED) is 0.343. The Morgan fingerprint density at radius 1 is 0.929 bits per heavy atom. The molecule has 9 nitrogen and oxygen atoms in total. The molecule has 0 fully saturated rings. The molecule has 1 aliphatic heterocycles. The number of anilines is 1. The summed E-state index contributed by atoms with van der Waals surface area (Å²) >= 11 is 3.48. The van der Waals surface area contributed by atoms with Crippen molar-refractivity contribution in [3.8, 4) is 11.5 Å². The molecular formula is C31H36BrN3O6S. The van der Waals surface area contributed by atoms with E-state index in [0.29, 0.717) is 24.7 Å². The van der Waals surface area contributed by atoms with Crippen molar-refractivity contribution in [3.63, 3.8) is 0 Å². The summed E-state index contributed by atoms with van der Waals surface area (Å²) in [6.07, 6.45) is 1.29. The third-order valence-corrected chi connectivity index (χ3v) is 8.14. The molecule has 3 aromatic carbocycles. The molecule has 1 aliphatic rings. The number of nitrogens with zero attached hydrogens (tertiary/aromatic N) is 2. The molecule has 0 radical (unpaired) electrons. The van der Waals surface area contributed by atoms with Gasteiger partial charge in [-0.1, -0.05) is 58.4 Å². The highest BCUT2D eigenvalue weighted by molar-refractivity contribution is 9.10. The molecule has 0 saturated heterocycles. The minimum atomic E-state index is -3.90. The van der Waals surface area contributed by atoms with Gasteiger partial charge in [-0.3, -0.25) is 13.9 Å². The second kappa shape index (κ2) is 13.2. The monoisotopic (exact) mass is 657 g/mol. The first-order chi connectivity index (χ1) is 19.8. The Bertz CT molecular complexity index is 1530. The van der Waals surface area contributed by atoms with E-state index in [-0.39, 0.29) is 24.6 Å². The summed E-state index contributed by atoms with van der Waals surface area (Å²) in [7, 11) is -3.90. The lowest BCUT2D eigenvalue weighted by Crippen LogP contribution is -2.56. The minimum Gasteiger partial charge on any atom is -0.486 e. The lowest BCUT2D eigenvalue weighted by Gasteiger charge is -2.35. The zero-order valence-electron chi connectivity index (χ0n) is 24.2. The van der Waals surface area contributed by atoms with E-state index < -0.39 is 34.1 Å². The molecule has 2 amide bonds. The van der Waals surface area contributed by atoms with Crippen LogP contribution in [0.4, 0.5) is 5.69 Å². The van der Waals surface area contributed by atoms with Crippen LogP contribution in [-0.2, 0) is 32.6 Å². The van der Waals surface area contributed by atoms with E-state index in [1.165, 1.54) is 4.90 Å². The Kier molecular flexibility index (Phi) is 9.83. The van der Waals surface area contributed by atoms with Gasteiger partial charge < -0.3 is 19.7 Å². The molecular weight excluding hydrogens is 622 g/mol. The number of ether oxygens (including phenoxy) is 2. The Labute approximate surface area is 256 Å². The first-order valence-corrected chi connectivity index (χ1v) is 16.2. The van der Waals surface area contributed by atoms with Crippen molar-refractivity contribution in [1.82, 2.24) is 10.2 Å². The first-order valence-electron chi connectivity index (χ1n) is 13.6. The van der Waals surface area contributed by atoms with Crippen LogP contribution in [-0.4, -0.2) is 62.7 Å². The lowest BCUT2D eigenvalue weighted by atomic mass is 10.0. The molecule has 1 heterocycles. The molecule has 0 spiro atoms. The number of rotatable bonds is 10. The first kappa shape index (κ1) is 31.4. The normalized spacial score (nSPS) is 13.6. The number of fused-ring (bicyclic) bond motifs is 1. The van der Waals surface area contributed by atoms with Crippen molar-refractivity contribution in [1.29, 1.82) is 0 Å². The molecule has 4 rings (SSSR count). The Balaban J connectivity index is 1.74. The van der Waals surface area contributed by atoms with Crippen LogP contribution in [0.1, 0.15) is 31.9 Å². The maximum absolute atomic E-state index is 14.2. The summed E-state index contributed by atoms with van der Waals surface area (Å²) < 4.78 is 39.2. The van der Waals surface area contributed by atoms with Crippen molar-refractivity contribution in [3.05, 3.63) is 88.4 Å². The predicted octanol–water partition coefficient (Wildman–Crippen LogP) is 4.54. The molecule has 0 aromatic heterocycles. The van der Waals surface area contributed by atoms with Crippen LogP contribution in [0, 0.1) is 0 Å². The average Bonchev–Trinajstić information content (AvgIpc) is 2.92. The number of carbonyl (C=O) groups is 2. The second-order valence-corrected chi connectivity index (χ2v) is 14.0. The number of benzene rings is 3. The van der Waals surface area contributed by atoms with Crippen molar-refractivity contribution in [2.24, 2.45) is 0 Å². The van der Waals surface area contributed by atoms with E-state index in [9.17, 15) is 18.0 Å². The fourth-order valence-electron chi connectivity index (χ4n) is 4.64. The van der Waals surface area contributed by atoms with E-state index in [4.69, 9.17) is 9.47 Å². The zero-order chi connectivity index (χ0) is 30.5. The van der Waals surface area contributed by atoms with Crippen LogP contribution in [0.5, 0.6) is 11.5 Å². The van der Waals surface area contributed by atoms with E-state index in [1.54, 1.807) is 18.2 Å². The van der Waals surface area contributed by atoms with Crippen molar-refractivity contribution >= 4 is 43.5 Å². The van der Waals surface area contributed by atoms with Crippen LogP contribution in [0.25, 0.3) is 0 Å². The molecule has 0 unspecified atom stereocenters. The van der Waals surface area contributed by atoms with E-state index in [2.05, 4.69) is 21.2 Å². The lowest BCUT2D eigenvalue weighted by molar-refractivity contribution is -0.140. The fourth-order valence-corrected chi connectivity index (χ4v) is 5.93. The molecule has 3 aromatic rings. The number of amides is 2. The molecule has 0 bridgehead atoms. The van der Waals surface area contributed by atoms with Gasteiger partial charge in [-0.25, -0.2) is 8.42 Å². The molecule has 1 atom stereocenters. The summed E-state index contributed by atoms with van der Waals surface area (Å²) in [4.78, 5) is 29.5. The van der Waals surface area contributed by atoms with Gasteiger partial charge in [-0.05, 0) is 56.2 Å². The number of nitrogens with one attached hydrogen (secondary N) is 1. The minimum absolute atomic E-state index is 0.0894. The van der Waals surface area contributed by atoms with E-state index in [0.717, 1.165) is 26.2 Å². The highest BCUT2D eigenvalue weighted by atomic mass is 79.9. The third-order valence-electron chi connectivity index (χ3n) is 6.50. The van der Waals surface area contributed by atoms with Gasteiger partial charge in [-0.2, -0.15) is 0 Å². The zero-order valence-corrected chi connectivity index (χ0v) is 26.6. The number of carbonyl (C=O) groups excluding carboxylic acids is 2. The third kappa shape index (κ3) is 8.48. The van der Waals surface area contributed by atoms with Gasteiger partial charge in [0, 0.05) is 29.0 Å². The topological polar surface area (TPSA) is 105 Å². The van der Waals surface area contributed by atoms with Gasteiger partial charge in [-0.15, -0.1) is 0 Å². The van der Waals surface area contributed by atoms with Crippen LogP contribution >= 0.6 is 15.9 Å². The summed E-state index contributed by atoms with van der Waals surface area (Å²) in [6, 6.07) is 20.7. The molecule has 0 saturated carbocycles. The summed E-state index contributed by atoms with van der Waals surface area (Å²) in [5.41, 5.74) is 1.35. The SMILES string of the molecule is CC(C)(C)NC(=O)[C@H](Cc1ccccc1)N(Cc1cccc(Br)c1)C(=O)CN(c1ccc2c(c1)OCCO2)S(C)(=O)=O. The number of halogens is 1. The summed E-state index contributed by atoms with van der Waals surface area (Å²) in [5, 5.41) is 3.02. The van der Waals surface area contributed by atoms with Crippen molar-refractivity contribution in [2.45, 2.75) is 45.3 Å². The molecule has 0 aliphatic carbocycles. The predicted molar refractivity (Wildman–Crippen MR) is 166 cm³/mol. The Hall–Kier alpha value is -3.57. The standard InChI is InChI=1S/C31H36BrN3O6S/c1-31(2,3)33-30(37)26(18-22-9-6-5-7-10-22)34(20-23-11-8-12-24(32)17-23)29(36)21-35(42(4,38)39)25-13-14-27-28(19-25)41-16-15-40-27/h5-14,17,19,26H,15-16,18,20-21H2,1-4H3,(H,33,37)/t26-/m0/s1. The maximum Gasteiger partial charge on any atom is 0.244 e. The smallest absolute Gasteiger partial charge is 0.244 e. The van der Waals surface area contributed by atoms with Gasteiger partial charge in [0.1, 0.15) is 25.8 Å². The summed E-state index contributed by atoms with van der Waals surface area (Å²) in [5.74, 6) is 0.0420. The van der Waals surface area contributed by atoms with Crippen LogP contribution in [0.15, 0.2) is 77.3 Å². The van der Waals surface area contributed by atoms with Gasteiger partial charge in [0.25, 0.3) is 0 Å². The number of hydrogen-bond donors (Lipinski definition) is 1. The van der Waals surface area contributed by atoms with Gasteiger partial charge in [0.15, 0.2) is 11.5 Å². The maximum atomic E-state index is 14.2. The van der Waals surface area contributed by atoms with Crippen molar-refractivity contribution < 1.29 is 27.5 Å². The van der Waals surface area contributed by atoms with E-state index in [1.807, 2.05) is 75.4 Å². The largest absolute Gasteiger partial charge is 0.486 e. The molecule has 11 heteroatoms.